The Balaban J connectivity index is 1.68. The predicted molar refractivity (Wildman–Crippen MR) is 59.6 cm³/mol. The van der Waals surface area contributed by atoms with Gasteiger partial charge in [-0.1, -0.05) is 0 Å². The van der Waals surface area contributed by atoms with Gasteiger partial charge in [0, 0.05) is 0 Å². The van der Waals surface area contributed by atoms with Crippen molar-refractivity contribution in [3.8, 4) is 0 Å². The van der Waals surface area contributed by atoms with Gasteiger partial charge in [-0.15, -0.1) is 0 Å². The number of fused-ring (bicyclic) bond motifs is 1. The van der Waals surface area contributed by atoms with Crippen LogP contribution in [0.5, 0.6) is 0 Å². The number of rotatable bonds is 1. The van der Waals surface area contributed by atoms with E-state index in [4.69, 9.17) is 23.7 Å². The van der Waals surface area contributed by atoms with Crippen molar-refractivity contribution in [2.24, 2.45) is 0 Å². The van der Waals surface area contributed by atoms with Crippen molar-refractivity contribution < 1.29 is 28.8 Å². The molecular formula is C12H20O6. The zero-order valence-corrected chi connectivity index (χ0v) is 11.1. The smallest absolute Gasteiger partial charge is 0.190 e. The Hall–Kier alpha value is -0.240. The predicted octanol–water partition coefficient (Wildman–Crippen LogP) is 0.375. The van der Waals surface area contributed by atoms with Gasteiger partial charge in [0.2, 0.25) is 0 Å². The van der Waals surface area contributed by atoms with E-state index in [-0.39, 0.29) is 6.10 Å². The van der Waals surface area contributed by atoms with Crippen LogP contribution in [-0.4, -0.2) is 54.0 Å². The summed E-state index contributed by atoms with van der Waals surface area (Å²) in [6, 6.07) is 0. The molecule has 0 aromatic heterocycles. The van der Waals surface area contributed by atoms with E-state index in [1.165, 1.54) is 0 Å². The monoisotopic (exact) mass is 260 g/mol. The molecule has 0 radical (unpaired) electrons. The molecule has 104 valence electrons. The molecule has 0 amide bonds. The second-order valence-corrected chi connectivity index (χ2v) is 5.93. The highest BCUT2D eigenvalue weighted by molar-refractivity contribution is 4.97. The largest absolute Gasteiger partial charge is 0.387 e. The Morgan fingerprint density at radius 2 is 1.67 bits per heavy atom. The molecule has 0 aromatic carbocycles. The Morgan fingerprint density at radius 1 is 0.944 bits per heavy atom. The van der Waals surface area contributed by atoms with E-state index in [1.54, 1.807) is 13.8 Å². The molecule has 5 atom stereocenters. The molecule has 6 nitrogen and oxygen atoms in total. The lowest BCUT2D eigenvalue weighted by Gasteiger charge is -2.26. The maximum absolute atomic E-state index is 10.3. The summed E-state index contributed by atoms with van der Waals surface area (Å²) in [5, 5.41) is 10.3. The average molecular weight is 260 g/mol. The molecule has 3 fully saturated rings. The number of ether oxygens (including phenoxy) is 5. The molecule has 3 heterocycles. The zero-order chi connectivity index (χ0) is 13.1. The lowest BCUT2D eigenvalue weighted by Crippen LogP contribution is -2.42. The first kappa shape index (κ1) is 12.8. The van der Waals surface area contributed by atoms with Crippen molar-refractivity contribution >= 4 is 0 Å². The first-order valence-electron chi connectivity index (χ1n) is 6.28. The van der Waals surface area contributed by atoms with E-state index in [9.17, 15) is 5.11 Å². The Bertz CT molecular complexity index is 341. The number of hydrogen-bond acceptors (Lipinski definition) is 6. The van der Waals surface area contributed by atoms with Crippen LogP contribution in [-0.2, 0) is 23.7 Å². The van der Waals surface area contributed by atoms with Gasteiger partial charge in [0.05, 0.1) is 6.61 Å². The third kappa shape index (κ3) is 2.07. The van der Waals surface area contributed by atoms with Gasteiger partial charge in [0.15, 0.2) is 17.9 Å². The second-order valence-electron chi connectivity index (χ2n) is 5.93. The van der Waals surface area contributed by atoms with Crippen LogP contribution in [0, 0.1) is 0 Å². The summed E-state index contributed by atoms with van der Waals surface area (Å²) in [7, 11) is 0. The summed E-state index contributed by atoms with van der Waals surface area (Å²) < 4.78 is 28.1. The van der Waals surface area contributed by atoms with Gasteiger partial charge < -0.3 is 28.8 Å². The number of aliphatic hydroxyl groups is 1. The molecule has 0 saturated carbocycles. The molecular weight excluding hydrogens is 240 g/mol. The van der Waals surface area contributed by atoms with Gasteiger partial charge >= 0.3 is 0 Å². The SMILES string of the molecule is CC1(C)O[C@H]2O[C@H]([C@H]3COC(C)(C)O3)[C@H](O)[C@H]2O1. The van der Waals surface area contributed by atoms with Crippen molar-refractivity contribution in [3.05, 3.63) is 0 Å². The highest BCUT2D eigenvalue weighted by Gasteiger charge is 2.57. The van der Waals surface area contributed by atoms with E-state index in [0.717, 1.165) is 0 Å². The van der Waals surface area contributed by atoms with Crippen molar-refractivity contribution in [2.75, 3.05) is 6.61 Å². The van der Waals surface area contributed by atoms with Crippen LogP contribution in [0.2, 0.25) is 0 Å². The van der Waals surface area contributed by atoms with Gasteiger partial charge in [-0.2, -0.15) is 0 Å². The summed E-state index contributed by atoms with van der Waals surface area (Å²) in [5.74, 6) is -1.35. The minimum atomic E-state index is -0.765. The van der Waals surface area contributed by atoms with Gasteiger partial charge in [-0.25, -0.2) is 0 Å². The fraction of sp³-hybridized carbons (Fsp3) is 1.00. The Labute approximate surface area is 106 Å². The molecule has 0 bridgehead atoms. The normalized spacial score (nSPS) is 49.5. The third-order valence-corrected chi connectivity index (χ3v) is 3.45. The first-order valence-corrected chi connectivity index (χ1v) is 6.28. The van der Waals surface area contributed by atoms with E-state index in [0.29, 0.717) is 6.61 Å². The molecule has 3 aliphatic heterocycles. The molecule has 0 spiro atoms. The van der Waals surface area contributed by atoms with Crippen LogP contribution < -0.4 is 0 Å². The standard InChI is InChI=1S/C12H20O6/c1-11(2)14-5-6(16-11)8-7(13)9-10(15-8)18-12(3,4)17-9/h6-10,13H,5H2,1-4H3/t6-,7+,8-,9-,10-/m1/s1. The minimum Gasteiger partial charge on any atom is -0.387 e. The summed E-state index contributed by atoms with van der Waals surface area (Å²) in [4.78, 5) is 0. The van der Waals surface area contributed by atoms with Crippen LogP contribution in [0.25, 0.3) is 0 Å². The molecule has 6 heteroatoms. The topological polar surface area (TPSA) is 66.4 Å². The first-order chi connectivity index (χ1) is 8.27. The Morgan fingerprint density at radius 3 is 2.22 bits per heavy atom. The third-order valence-electron chi connectivity index (χ3n) is 3.45. The quantitative estimate of drug-likeness (QED) is 0.735. The fourth-order valence-corrected chi connectivity index (χ4v) is 2.70. The number of hydrogen-bond donors (Lipinski definition) is 1. The van der Waals surface area contributed by atoms with Crippen LogP contribution in [0.3, 0.4) is 0 Å². The summed E-state index contributed by atoms with van der Waals surface area (Å²) in [6.07, 6.45) is -2.53. The van der Waals surface area contributed by atoms with Gasteiger partial charge in [0.25, 0.3) is 0 Å². The Kier molecular flexibility index (Phi) is 2.75. The molecule has 18 heavy (non-hydrogen) atoms. The summed E-state index contributed by atoms with van der Waals surface area (Å²) in [6.45, 7) is 7.68. The van der Waals surface area contributed by atoms with Crippen LogP contribution >= 0.6 is 0 Å². The van der Waals surface area contributed by atoms with Crippen LogP contribution in [0.4, 0.5) is 0 Å². The average Bonchev–Trinajstić information content (AvgIpc) is 2.81. The highest BCUT2D eigenvalue weighted by Crippen LogP contribution is 2.40. The molecule has 0 aromatic rings. The van der Waals surface area contributed by atoms with Crippen molar-refractivity contribution in [1.82, 2.24) is 0 Å². The van der Waals surface area contributed by atoms with Crippen molar-refractivity contribution in [2.45, 2.75) is 70.0 Å². The molecule has 0 aliphatic carbocycles. The highest BCUT2D eigenvalue weighted by atomic mass is 16.8. The van der Waals surface area contributed by atoms with Gasteiger partial charge in [-0.05, 0) is 27.7 Å². The zero-order valence-electron chi connectivity index (χ0n) is 11.1. The fourth-order valence-electron chi connectivity index (χ4n) is 2.70. The van der Waals surface area contributed by atoms with Gasteiger partial charge in [-0.3, -0.25) is 0 Å². The van der Waals surface area contributed by atoms with E-state index >= 15 is 0 Å². The van der Waals surface area contributed by atoms with Crippen molar-refractivity contribution in [3.63, 3.8) is 0 Å². The molecule has 0 unspecified atom stereocenters. The lowest BCUT2D eigenvalue weighted by atomic mass is 10.1. The maximum Gasteiger partial charge on any atom is 0.190 e. The van der Waals surface area contributed by atoms with E-state index in [1.807, 2.05) is 13.8 Å². The van der Waals surface area contributed by atoms with E-state index < -0.39 is 36.2 Å². The second kappa shape index (κ2) is 3.88. The summed E-state index contributed by atoms with van der Waals surface area (Å²) >= 11 is 0. The lowest BCUT2D eigenvalue weighted by molar-refractivity contribution is -0.232. The van der Waals surface area contributed by atoms with Crippen LogP contribution in [0.1, 0.15) is 27.7 Å². The molecule has 1 N–H and O–H groups in total. The molecule has 3 saturated heterocycles. The van der Waals surface area contributed by atoms with Crippen LogP contribution in [0.15, 0.2) is 0 Å². The van der Waals surface area contributed by atoms with Crippen molar-refractivity contribution in [1.29, 1.82) is 0 Å². The van der Waals surface area contributed by atoms with Gasteiger partial charge in [0.1, 0.15) is 24.4 Å². The summed E-state index contributed by atoms with van der Waals surface area (Å²) in [5.41, 5.74) is 0. The van der Waals surface area contributed by atoms with E-state index in [2.05, 4.69) is 0 Å². The molecule has 3 rings (SSSR count). The number of aliphatic hydroxyl groups excluding tert-OH is 1. The molecule has 3 aliphatic rings. The maximum atomic E-state index is 10.3. The minimum absolute atomic E-state index is 0.295.